The molecule has 0 radical (unpaired) electrons. The van der Waals surface area contributed by atoms with Gasteiger partial charge in [-0.3, -0.25) is 10.1 Å². The zero-order chi connectivity index (χ0) is 12.7. The van der Waals surface area contributed by atoms with Gasteiger partial charge in [0.2, 0.25) is 5.91 Å². The van der Waals surface area contributed by atoms with Crippen LogP contribution in [-0.2, 0) is 9.53 Å². The number of rotatable bonds is 7. The average molecular weight is 244 g/mol. The number of ether oxygens (including phenoxy) is 1. The van der Waals surface area contributed by atoms with Gasteiger partial charge in [-0.15, -0.1) is 0 Å². The van der Waals surface area contributed by atoms with Gasteiger partial charge in [0.25, 0.3) is 0 Å². The summed E-state index contributed by atoms with van der Waals surface area (Å²) in [4.78, 5) is 11.8. The van der Waals surface area contributed by atoms with E-state index >= 15 is 0 Å². The third-order valence-electron chi connectivity index (χ3n) is 3.38. The van der Waals surface area contributed by atoms with Crippen molar-refractivity contribution in [3.63, 3.8) is 0 Å². The van der Waals surface area contributed by atoms with Crippen molar-refractivity contribution < 1.29 is 14.6 Å². The fraction of sp³-hybridized carbons (Fsp3) is 0.917. The van der Waals surface area contributed by atoms with Crippen LogP contribution in [0.3, 0.4) is 0 Å². The molecule has 100 valence electrons. The number of carbonyl (C=O) groups is 1. The van der Waals surface area contributed by atoms with Crippen molar-refractivity contribution in [3.05, 3.63) is 0 Å². The Morgan fingerprint density at radius 1 is 1.47 bits per heavy atom. The van der Waals surface area contributed by atoms with Crippen LogP contribution in [0, 0.1) is 0 Å². The van der Waals surface area contributed by atoms with Gasteiger partial charge in [-0.05, 0) is 19.8 Å². The Morgan fingerprint density at radius 3 is 2.65 bits per heavy atom. The Kier molecular flexibility index (Phi) is 5.88. The lowest BCUT2D eigenvalue weighted by Crippen LogP contribution is -2.55. The van der Waals surface area contributed by atoms with Crippen LogP contribution in [-0.4, -0.2) is 49.5 Å². The van der Waals surface area contributed by atoms with Crippen LogP contribution in [0.2, 0.25) is 0 Å². The monoisotopic (exact) mass is 244 g/mol. The van der Waals surface area contributed by atoms with E-state index in [1.165, 1.54) is 0 Å². The first-order valence-corrected chi connectivity index (χ1v) is 6.29. The lowest BCUT2D eigenvalue weighted by Gasteiger charge is -2.31. The molecule has 1 aliphatic rings. The second kappa shape index (κ2) is 6.93. The molecule has 5 nitrogen and oxygen atoms in total. The van der Waals surface area contributed by atoms with Gasteiger partial charge in [-0.25, -0.2) is 0 Å². The number of nitrogens with one attached hydrogen (secondary N) is 2. The third kappa shape index (κ3) is 4.26. The highest BCUT2D eigenvalue weighted by molar-refractivity contribution is 5.81. The Hall–Kier alpha value is -0.650. The standard InChI is InChI=1S/C12H24N2O3/c1-10(11(16)13-7-8-17-2)14-12(9-15)5-3-4-6-12/h10,14-15H,3-9H2,1-2H3,(H,13,16). The first kappa shape index (κ1) is 14.4. The van der Waals surface area contributed by atoms with Gasteiger partial charge in [-0.1, -0.05) is 12.8 Å². The summed E-state index contributed by atoms with van der Waals surface area (Å²) in [5.74, 6) is -0.0400. The van der Waals surface area contributed by atoms with Crippen LogP contribution in [0.4, 0.5) is 0 Å². The van der Waals surface area contributed by atoms with E-state index in [1.54, 1.807) is 7.11 Å². The summed E-state index contributed by atoms with van der Waals surface area (Å²) >= 11 is 0. The van der Waals surface area contributed by atoms with Crippen LogP contribution in [0.5, 0.6) is 0 Å². The second-order valence-electron chi connectivity index (χ2n) is 4.80. The molecule has 1 saturated carbocycles. The number of hydrogen-bond donors (Lipinski definition) is 3. The Balaban J connectivity index is 2.36. The Labute approximate surface area is 103 Å². The third-order valence-corrected chi connectivity index (χ3v) is 3.38. The summed E-state index contributed by atoms with van der Waals surface area (Å²) in [6.07, 6.45) is 4.12. The summed E-state index contributed by atoms with van der Waals surface area (Å²) in [6, 6.07) is -0.280. The maximum Gasteiger partial charge on any atom is 0.236 e. The first-order valence-electron chi connectivity index (χ1n) is 6.29. The number of aliphatic hydroxyl groups is 1. The normalized spacial score (nSPS) is 20.2. The average Bonchev–Trinajstić information content (AvgIpc) is 2.78. The van der Waals surface area contributed by atoms with Crippen LogP contribution in [0.25, 0.3) is 0 Å². The lowest BCUT2D eigenvalue weighted by atomic mass is 9.97. The molecule has 0 aromatic carbocycles. The maximum atomic E-state index is 11.8. The van der Waals surface area contributed by atoms with Crippen molar-refractivity contribution in [2.24, 2.45) is 0 Å². The van der Waals surface area contributed by atoms with Crippen molar-refractivity contribution in [3.8, 4) is 0 Å². The van der Waals surface area contributed by atoms with Crippen LogP contribution >= 0.6 is 0 Å². The van der Waals surface area contributed by atoms with E-state index in [-0.39, 0.29) is 24.1 Å². The molecule has 1 atom stereocenters. The molecule has 0 aromatic heterocycles. The number of methoxy groups -OCH3 is 1. The highest BCUT2D eigenvalue weighted by atomic mass is 16.5. The van der Waals surface area contributed by atoms with Crippen molar-refractivity contribution in [2.45, 2.75) is 44.2 Å². The molecule has 0 bridgehead atoms. The molecule has 0 saturated heterocycles. The van der Waals surface area contributed by atoms with Gasteiger partial charge < -0.3 is 15.2 Å². The molecule has 1 amide bonds. The molecule has 1 rings (SSSR count). The highest BCUT2D eigenvalue weighted by Crippen LogP contribution is 2.29. The molecule has 1 unspecified atom stereocenters. The van der Waals surface area contributed by atoms with E-state index in [0.717, 1.165) is 25.7 Å². The molecule has 5 heteroatoms. The first-order chi connectivity index (χ1) is 8.13. The van der Waals surface area contributed by atoms with Crippen LogP contribution in [0.1, 0.15) is 32.6 Å². The van der Waals surface area contributed by atoms with Crippen molar-refractivity contribution in [2.75, 3.05) is 26.9 Å². The zero-order valence-electron chi connectivity index (χ0n) is 10.8. The predicted molar refractivity (Wildman–Crippen MR) is 65.8 cm³/mol. The highest BCUT2D eigenvalue weighted by Gasteiger charge is 2.35. The minimum Gasteiger partial charge on any atom is -0.394 e. The van der Waals surface area contributed by atoms with Gasteiger partial charge in [-0.2, -0.15) is 0 Å². The molecule has 1 fully saturated rings. The number of amides is 1. The smallest absolute Gasteiger partial charge is 0.236 e. The largest absolute Gasteiger partial charge is 0.394 e. The van der Waals surface area contributed by atoms with E-state index in [4.69, 9.17) is 4.74 Å². The van der Waals surface area contributed by atoms with Gasteiger partial charge in [0.1, 0.15) is 0 Å². The molecule has 3 N–H and O–H groups in total. The molecular weight excluding hydrogens is 220 g/mol. The Morgan fingerprint density at radius 2 is 2.12 bits per heavy atom. The fourth-order valence-electron chi connectivity index (χ4n) is 2.35. The van der Waals surface area contributed by atoms with Gasteiger partial charge in [0, 0.05) is 19.2 Å². The minimum atomic E-state index is -0.280. The van der Waals surface area contributed by atoms with E-state index in [0.29, 0.717) is 13.2 Å². The van der Waals surface area contributed by atoms with Crippen molar-refractivity contribution >= 4 is 5.91 Å². The summed E-state index contributed by atoms with van der Waals surface area (Å²) < 4.78 is 4.87. The fourth-order valence-corrected chi connectivity index (χ4v) is 2.35. The molecule has 17 heavy (non-hydrogen) atoms. The zero-order valence-corrected chi connectivity index (χ0v) is 10.8. The van der Waals surface area contributed by atoms with Gasteiger partial charge in [0.15, 0.2) is 0 Å². The summed E-state index contributed by atoms with van der Waals surface area (Å²) in [6.45, 7) is 2.97. The number of carbonyl (C=O) groups excluding carboxylic acids is 1. The topological polar surface area (TPSA) is 70.6 Å². The van der Waals surface area contributed by atoms with E-state index < -0.39 is 0 Å². The Bertz CT molecular complexity index is 240. The van der Waals surface area contributed by atoms with Gasteiger partial charge >= 0.3 is 0 Å². The molecular formula is C12H24N2O3. The molecule has 0 aliphatic heterocycles. The van der Waals surface area contributed by atoms with E-state index in [9.17, 15) is 9.90 Å². The van der Waals surface area contributed by atoms with Crippen LogP contribution < -0.4 is 10.6 Å². The van der Waals surface area contributed by atoms with Gasteiger partial charge in [0.05, 0.1) is 19.3 Å². The molecule has 1 aliphatic carbocycles. The summed E-state index contributed by atoms with van der Waals surface area (Å²) in [5.41, 5.74) is -0.252. The van der Waals surface area contributed by atoms with Crippen molar-refractivity contribution in [1.29, 1.82) is 0 Å². The van der Waals surface area contributed by atoms with Crippen LogP contribution in [0.15, 0.2) is 0 Å². The second-order valence-corrected chi connectivity index (χ2v) is 4.80. The van der Waals surface area contributed by atoms with E-state index in [2.05, 4.69) is 10.6 Å². The number of hydrogen-bond acceptors (Lipinski definition) is 4. The molecule has 0 spiro atoms. The predicted octanol–water partition coefficient (Wildman–Crippen LogP) is 0.0322. The van der Waals surface area contributed by atoms with Crippen molar-refractivity contribution in [1.82, 2.24) is 10.6 Å². The number of aliphatic hydroxyl groups excluding tert-OH is 1. The molecule has 0 aromatic rings. The summed E-state index contributed by atoms with van der Waals surface area (Å²) in [5, 5.41) is 15.5. The minimum absolute atomic E-state index is 0.0400. The summed E-state index contributed by atoms with van der Waals surface area (Å²) in [7, 11) is 1.60. The molecule has 0 heterocycles. The quantitative estimate of drug-likeness (QED) is 0.553. The maximum absolute atomic E-state index is 11.8. The lowest BCUT2D eigenvalue weighted by molar-refractivity contribution is -0.123. The SMILES string of the molecule is COCCNC(=O)C(C)NC1(CO)CCCC1. The van der Waals surface area contributed by atoms with E-state index in [1.807, 2.05) is 6.92 Å².